The number of benzene rings is 2. The molecule has 3 heterocycles. The second kappa shape index (κ2) is 9.29. The maximum Gasteiger partial charge on any atom is 0.164 e. The van der Waals surface area contributed by atoms with Gasteiger partial charge in [0.25, 0.3) is 0 Å². The van der Waals surface area contributed by atoms with E-state index in [0.29, 0.717) is 17.9 Å². The Morgan fingerprint density at radius 3 is 2.72 bits per heavy atom. The van der Waals surface area contributed by atoms with Crippen LogP contribution in [0.5, 0.6) is 0 Å². The average Bonchev–Trinajstić information content (AvgIpc) is 3.62. The highest BCUT2D eigenvalue weighted by Gasteiger charge is 2.24. The summed E-state index contributed by atoms with van der Waals surface area (Å²) in [5, 5.41) is 21.7. The first kappa shape index (κ1) is 22.6. The molecule has 1 fully saturated rings. The number of aliphatic hydroxyl groups is 1. The van der Waals surface area contributed by atoms with Gasteiger partial charge in [0, 0.05) is 43.2 Å². The molecule has 0 amide bonds. The summed E-state index contributed by atoms with van der Waals surface area (Å²) in [6.07, 6.45) is 8.42. The summed E-state index contributed by atoms with van der Waals surface area (Å²) >= 11 is 0. The van der Waals surface area contributed by atoms with Crippen molar-refractivity contribution < 1.29 is 9.50 Å². The largest absolute Gasteiger partial charge is 0.392 e. The molecule has 2 aromatic carbocycles. The smallest absolute Gasteiger partial charge is 0.164 e. The summed E-state index contributed by atoms with van der Waals surface area (Å²) in [5.74, 6) is 0.287. The van der Waals surface area contributed by atoms with Crippen LogP contribution in [0.2, 0.25) is 0 Å². The van der Waals surface area contributed by atoms with Gasteiger partial charge in [-0.25, -0.2) is 9.37 Å². The highest BCUT2D eigenvalue weighted by Crippen LogP contribution is 2.33. The lowest BCUT2D eigenvalue weighted by molar-refractivity contribution is 0.148. The molecular weight excluding hydrogens is 455 g/mol. The van der Waals surface area contributed by atoms with E-state index in [-0.39, 0.29) is 18.0 Å². The van der Waals surface area contributed by atoms with Gasteiger partial charge in [-0.1, -0.05) is 30.3 Å². The molecule has 3 aromatic heterocycles. The monoisotopic (exact) mass is 482 g/mol. The van der Waals surface area contributed by atoms with Crippen molar-refractivity contribution in [3.63, 3.8) is 0 Å². The Balaban J connectivity index is 1.31. The van der Waals surface area contributed by atoms with Crippen molar-refractivity contribution >= 4 is 5.65 Å². The summed E-state index contributed by atoms with van der Waals surface area (Å²) < 4.78 is 18.0. The molecule has 0 bridgehead atoms. The van der Waals surface area contributed by atoms with Gasteiger partial charge in [0.2, 0.25) is 0 Å². The minimum atomic E-state index is -0.319. The van der Waals surface area contributed by atoms with Gasteiger partial charge in [-0.05, 0) is 60.2 Å². The van der Waals surface area contributed by atoms with Crippen molar-refractivity contribution in [2.45, 2.75) is 38.0 Å². The standard InChI is InChI=1S/C28H27FN6O/c1-34-17-31-33-28(34)23-13-21(29)9-10-22(23)19-4-2-5-20(12-19)25-16-35-15-18(8-11-27(35)32-25)14-30-24-6-3-7-26(24)36/h2,4-5,8-13,15-17,24,26,30,36H,3,6-7,14H2,1H3/t24-,26+/m1/s1. The number of hydrogen-bond acceptors (Lipinski definition) is 5. The molecule has 2 atom stereocenters. The van der Waals surface area contributed by atoms with E-state index in [2.05, 4.69) is 33.8 Å². The maximum absolute atomic E-state index is 14.2. The van der Waals surface area contributed by atoms with Gasteiger partial charge >= 0.3 is 0 Å². The van der Waals surface area contributed by atoms with Crippen LogP contribution in [-0.4, -0.2) is 41.4 Å². The van der Waals surface area contributed by atoms with Gasteiger partial charge in [-0.2, -0.15) is 0 Å². The lowest BCUT2D eigenvalue weighted by Gasteiger charge is -2.16. The molecule has 2 N–H and O–H groups in total. The normalized spacial score (nSPS) is 17.8. The number of fused-ring (bicyclic) bond motifs is 1. The molecule has 1 aliphatic rings. The zero-order valence-electron chi connectivity index (χ0n) is 20.0. The molecule has 0 radical (unpaired) electrons. The average molecular weight is 483 g/mol. The number of nitrogens with zero attached hydrogens (tertiary/aromatic N) is 5. The number of halogens is 1. The van der Waals surface area contributed by atoms with E-state index >= 15 is 0 Å². The third-order valence-electron chi connectivity index (χ3n) is 6.96. The Morgan fingerprint density at radius 2 is 1.92 bits per heavy atom. The van der Waals surface area contributed by atoms with E-state index in [4.69, 9.17) is 4.98 Å². The molecule has 8 heteroatoms. The number of aryl methyl sites for hydroxylation is 1. The minimum Gasteiger partial charge on any atom is -0.392 e. The van der Waals surface area contributed by atoms with Gasteiger partial charge in [0.05, 0.1) is 11.8 Å². The second-order valence-electron chi connectivity index (χ2n) is 9.45. The number of pyridine rings is 1. The molecule has 0 aliphatic heterocycles. The topological polar surface area (TPSA) is 80.3 Å². The quantitative estimate of drug-likeness (QED) is 0.370. The summed E-state index contributed by atoms with van der Waals surface area (Å²) in [6, 6.07) is 17.1. The van der Waals surface area contributed by atoms with Gasteiger partial charge in [-0.3, -0.25) is 0 Å². The lowest BCUT2D eigenvalue weighted by Crippen LogP contribution is -2.35. The fraction of sp³-hybridized carbons (Fsp3) is 0.250. The first-order valence-electron chi connectivity index (χ1n) is 12.2. The Hall–Kier alpha value is -3.88. The van der Waals surface area contributed by atoms with Crippen LogP contribution in [0.25, 0.3) is 39.4 Å². The Bertz CT molecular complexity index is 1540. The number of aromatic nitrogens is 5. The van der Waals surface area contributed by atoms with Crippen molar-refractivity contribution in [3.8, 4) is 33.8 Å². The number of hydrogen-bond donors (Lipinski definition) is 2. The van der Waals surface area contributed by atoms with Crippen molar-refractivity contribution in [2.24, 2.45) is 7.05 Å². The molecule has 36 heavy (non-hydrogen) atoms. The Labute approximate surface area is 208 Å². The summed E-state index contributed by atoms with van der Waals surface area (Å²) in [4.78, 5) is 4.83. The van der Waals surface area contributed by atoms with E-state index in [1.807, 2.05) is 41.9 Å². The molecule has 0 saturated heterocycles. The summed E-state index contributed by atoms with van der Waals surface area (Å²) in [5.41, 5.74) is 6.34. The molecule has 1 saturated carbocycles. The first-order chi connectivity index (χ1) is 17.5. The zero-order valence-corrected chi connectivity index (χ0v) is 20.0. The van der Waals surface area contributed by atoms with Gasteiger partial charge in [0.1, 0.15) is 17.8 Å². The number of imidazole rings is 1. The molecule has 5 aromatic rings. The predicted molar refractivity (Wildman–Crippen MR) is 137 cm³/mol. The fourth-order valence-corrected chi connectivity index (χ4v) is 5.04. The van der Waals surface area contributed by atoms with E-state index in [0.717, 1.165) is 52.9 Å². The minimum absolute atomic E-state index is 0.166. The van der Waals surface area contributed by atoms with Crippen LogP contribution in [-0.2, 0) is 13.6 Å². The highest BCUT2D eigenvalue weighted by atomic mass is 19.1. The van der Waals surface area contributed by atoms with E-state index in [9.17, 15) is 9.50 Å². The van der Waals surface area contributed by atoms with Crippen LogP contribution in [0, 0.1) is 5.82 Å². The van der Waals surface area contributed by atoms with Gasteiger partial charge in [0.15, 0.2) is 5.82 Å². The maximum atomic E-state index is 14.2. The third kappa shape index (κ3) is 4.29. The van der Waals surface area contributed by atoms with Crippen LogP contribution in [0.4, 0.5) is 4.39 Å². The predicted octanol–water partition coefficient (Wildman–Crippen LogP) is 4.61. The van der Waals surface area contributed by atoms with Crippen LogP contribution < -0.4 is 5.32 Å². The van der Waals surface area contributed by atoms with Gasteiger partial charge < -0.3 is 19.4 Å². The third-order valence-corrected chi connectivity index (χ3v) is 6.96. The molecular formula is C28H27FN6O. The van der Waals surface area contributed by atoms with Crippen molar-refractivity contribution in [2.75, 3.05) is 0 Å². The van der Waals surface area contributed by atoms with Crippen molar-refractivity contribution in [3.05, 3.63) is 84.7 Å². The van der Waals surface area contributed by atoms with Crippen molar-refractivity contribution in [1.82, 2.24) is 29.5 Å². The first-order valence-corrected chi connectivity index (χ1v) is 12.2. The Morgan fingerprint density at radius 1 is 1.03 bits per heavy atom. The van der Waals surface area contributed by atoms with E-state index < -0.39 is 0 Å². The zero-order chi connectivity index (χ0) is 24.6. The SMILES string of the molecule is Cn1cnnc1-c1cc(F)ccc1-c1cccc(-c2cn3cc(CN[C@@H]4CCC[C@@H]4O)ccc3n2)c1. The lowest BCUT2D eigenvalue weighted by atomic mass is 9.97. The molecule has 0 unspecified atom stereocenters. The van der Waals surface area contributed by atoms with E-state index in [1.165, 1.54) is 12.1 Å². The summed E-state index contributed by atoms with van der Waals surface area (Å²) in [7, 11) is 1.84. The number of nitrogens with one attached hydrogen (secondary N) is 1. The van der Waals surface area contributed by atoms with Crippen LogP contribution in [0.3, 0.4) is 0 Å². The Kier molecular flexibility index (Phi) is 5.83. The van der Waals surface area contributed by atoms with Crippen molar-refractivity contribution in [1.29, 1.82) is 0 Å². The van der Waals surface area contributed by atoms with Crippen LogP contribution >= 0.6 is 0 Å². The number of aliphatic hydroxyl groups excluding tert-OH is 1. The molecule has 0 spiro atoms. The van der Waals surface area contributed by atoms with Crippen LogP contribution in [0.15, 0.2) is 73.3 Å². The van der Waals surface area contributed by atoms with Crippen LogP contribution in [0.1, 0.15) is 24.8 Å². The molecule has 1 aliphatic carbocycles. The second-order valence-corrected chi connectivity index (χ2v) is 9.45. The summed E-state index contributed by atoms with van der Waals surface area (Å²) in [6.45, 7) is 0.704. The fourth-order valence-electron chi connectivity index (χ4n) is 5.04. The number of rotatable bonds is 6. The molecule has 182 valence electrons. The highest BCUT2D eigenvalue weighted by molar-refractivity contribution is 5.83. The molecule has 7 nitrogen and oxygen atoms in total. The molecule has 6 rings (SSSR count). The van der Waals surface area contributed by atoms with E-state index in [1.54, 1.807) is 17.0 Å². The van der Waals surface area contributed by atoms with Gasteiger partial charge in [-0.15, -0.1) is 10.2 Å².